The average molecular weight is 984 g/mol. The summed E-state index contributed by atoms with van der Waals surface area (Å²) in [5.41, 5.74) is 0. The van der Waals surface area contributed by atoms with Gasteiger partial charge >= 0.3 is 199 Å². The standard InChI is InChI=1S/4Fr.O4Si/c;;;;1-5(2,3)4/q4*+1;-4. The molecular formula is Fr4O4Si. The first kappa shape index (κ1) is 29.5. The SMILES string of the molecule is [Fr+].[Fr+].[Fr+].[Fr+].[O-][Si]([O-])([O-])[O-]. The normalized spacial score (nSPS) is 6.67. The van der Waals surface area contributed by atoms with Gasteiger partial charge in [-0.1, -0.05) is 0 Å². The summed E-state index contributed by atoms with van der Waals surface area (Å²) in [6.45, 7) is 0. The molecule has 0 aliphatic carbocycles. The summed E-state index contributed by atoms with van der Waals surface area (Å²) in [4.78, 5) is 34.3. The molecular weight excluding hydrogens is 984 g/mol. The maximum atomic E-state index is 8.58. The second-order valence-corrected chi connectivity index (χ2v) is 1.50. The van der Waals surface area contributed by atoms with E-state index in [1.54, 1.807) is 0 Å². The average Bonchev–Trinajstić information content (AvgIpc) is 0.722. The molecule has 0 aliphatic heterocycles. The van der Waals surface area contributed by atoms with E-state index in [0.29, 0.717) is 0 Å². The Labute approximate surface area is 219 Å². The van der Waals surface area contributed by atoms with E-state index in [1.807, 2.05) is 0 Å². The minimum Gasteiger partial charge on any atom is -0.894 e. The molecule has 9 heavy (non-hydrogen) atoms. The topological polar surface area (TPSA) is 92.2 Å². The van der Waals surface area contributed by atoms with E-state index in [9.17, 15) is 0 Å². The Hall–Kier alpha value is 6.45. The smallest absolute Gasteiger partial charge is 0.894 e. The first-order valence-electron chi connectivity index (χ1n) is 0.816. The monoisotopic (exact) mass is 984 g/mol. The minimum atomic E-state index is -5.61. The maximum absolute atomic E-state index is 8.58. The van der Waals surface area contributed by atoms with Crippen LogP contribution in [-0.4, -0.2) is 9.05 Å². The zero-order valence-electron chi connectivity index (χ0n) is 6.13. The fourth-order valence-electron chi connectivity index (χ4n) is 0. The van der Waals surface area contributed by atoms with Gasteiger partial charge in [0.25, 0.3) is 0 Å². The Morgan fingerprint density at radius 2 is 0.556 bits per heavy atom. The van der Waals surface area contributed by atoms with Crippen LogP contribution in [0.2, 0.25) is 0 Å². The van der Waals surface area contributed by atoms with Gasteiger partial charge in [0.15, 0.2) is 0 Å². The number of hydrogen-bond donors (Lipinski definition) is 0. The fraction of sp³-hybridized carbons (Fsp3) is 0. The molecule has 0 saturated heterocycles. The van der Waals surface area contributed by atoms with Crippen molar-refractivity contribution >= 4 is 9.05 Å². The van der Waals surface area contributed by atoms with Crippen LogP contribution in [0, 0.1) is 199 Å². The third-order valence-electron chi connectivity index (χ3n) is 0. The van der Waals surface area contributed by atoms with E-state index in [1.165, 1.54) is 0 Å². The van der Waals surface area contributed by atoms with Gasteiger partial charge in [0, 0.05) is 0 Å². The van der Waals surface area contributed by atoms with E-state index < -0.39 is 9.05 Å². The predicted molar refractivity (Wildman–Crippen MR) is 5.75 cm³/mol. The van der Waals surface area contributed by atoms with Crippen LogP contribution in [0.5, 0.6) is 0 Å². The summed E-state index contributed by atoms with van der Waals surface area (Å²) in [6, 6.07) is 0. The van der Waals surface area contributed by atoms with Gasteiger partial charge in [0.1, 0.15) is 0 Å². The molecule has 0 saturated carbocycles. The van der Waals surface area contributed by atoms with Gasteiger partial charge in [0.2, 0.25) is 0 Å². The van der Waals surface area contributed by atoms with Gasteiger partial charge in [-0.2, -0.15) is 0 Å². The van der Waals surface area contributed by atoms with Crippen molar-refractivity contribution < 1.29 is 219 Å². The molecule has 0 fully saturated rings. The van der Waals surface area contributed by atoms with Gasteiger partial charge in [0.05, 0.1) is 0 Å². The Morgan fingerprint density at radius 3 is 0.556 bits per heavy atom. The van der Waals surface area contributed by atoms with Crippen LogP contribution in [0.15, 0.2) is 0 Å². The van der Waals surface area contributed by atoms with Crippen LogP contribution in [0.25, 0.3) is 0 Å². The first-order chi connectivity index (χ1) is 2.00. The number of rotatable bonds is 0. The molecule has 0 aliphatic rings. The molecule has 0 amide bonds. The van der Waals surface area contributed by atoms with E-state index >= 15 is 0 Å². The molecule has 0 bridgehead atoms. The molecule has 0 aromatic heterocycles. The molecule has 0 rings (SSSR count). The fourth-order valence-corrected chi connectivity index (χ4v) is 0. The molecule has 0 radical (unpaired) electrons. The van der Waals surface area contributed by atoms with Gasteiger partial charge in [-0.05, 0) is 0 Å². The first-order valence-corrected chi connectivity index (χ1v) is 2.45. The second kappa shape index (κ2) is 16.9. The minimum absolute atomic E-state index is 0. The summed E-state index contributed by atoms with van der Waals surface area (Å²) in [5.74, 6) is 0. The number of hydrogen-bond acceptors (Lipinski definition) is 4. The molecule has 0 heterocycles. The van der Waals surface area contributed by atoms with Crippen LogP contribution >= 0.6 is 0 Å². The van der Waals surface area contributed by atoms with Crippen molar-refractivity contribution in [3.8, 4) is 0 Å². The van der Waals surface area contributed by atoms with Gasteiger partial charge in [-0.25, -0.2) is 0 Å². The van der Waals surface area contributed by atoms with Crippen molar-refractivity contribution in [1.82, 2.24) is 0 Å². The van der Waals surface area contributed by atoms with Crippen molar-refractivity contribution in [2.75, 3.05) is 0 Å². The molecule has 0 atom stereocenters. The second-order valence-electron chi connectivity index (χ2n) is 0.500. The summed E-state index contributed by atoms with van der Waals surface area (Å²) in [5, 5.41) is 0. The van der Waals surface area contributed by atoms with Crippen LogP contribution < -0.4 is 19.2 Å². The predicted octanol–water partition coefficient (Wildman–Crippen LogP) is -5.14. The molecule has 0 aromatic carbocycles. The van der Waals surface area contributed by atoms with Crippen LogP contribution in [0.4, 0.5) is 0 Å². The molecule has 0 spiro atoms. The van der Waals surface area contributed by atoms with Crippen molar-refractivity contribution in [2.24, 2.45) is 0 Å². The van der Waals surface area contributed by atoms with Crippen LogP contribution in [0.3, 0.4) is 0 Å². The van der Waals surface area contributed by atoms with Gasteiger partial charge < -0.3 is 28.2 Å². The largest absolute Gasteiger partial charge is 1.00 e. The van der Waals surface area contributed by atoms with Gasteiger partial charge in [-0.3, -0.25) is 0 Å². The third-order valence-corrected chi connectivity index (χ3v) is 0. The van der Waals surface area contributed by atoms with E-state index in [2.05, 4.69) is 0 Å². The summed E-state index contributed by atoms with van der Waals surface area (Å²) in [6.07, 6.45) is 0. The van der Waals surface area contributed by atoms with Gasteiger partial charge in [-0.15, -0.1) is 0 Å². The Bertz CT molecular complexity index is 28.0. The summed E-state index contributed by atoms with van der Waals surface area (Å²) >= 11 is 0. The Morgan fingerprint density at radius 1 is 0.556 bits per heavy atom. The molecule has 0 N–H and O–H groups in total. The van der Waals surface area contributed by atoms with E-state index in [0.717, 1.165) is 0 Å². The molecule has 32 valence electrons. The zero-order chi connectivity index (χ0) is 4.50. The Balaban J connectivity index is -0.0000000133. The van der Waals surface area contributed by atoms with Crippen molar-refractivity contribution in [3.05, 3.63) is 0 Å². The molecule has 0 aromatic rings. The third kappa shape index (κ3) is 53.9. The van der Waals surface area contributed by atoms with E-state index in [-0.39, 0.29) is 199 Å². The van der Waals surface area contributed by atoms with Crippen molar-refractivity contribution in [3.63, 3.8) is 0 Å². The van der Waals surface area contributed by atoms with Crippen molar-refractivity contribution in [2.45, 2.75) is 0 Å². The maximum Gasteiger partial charge on any atom is 1.00 e. The zero-order valence-corrected chi connectivity index (χ0v) is 40.0. The summed E-state index contributed by atoms with van der Waals surface area (Å²) in [7, 11) is -5.61. The van der Waals surface area contributed by atoms with Crippen LogP contribution in [-0.2, 0) is 0 Å². The van der Waals surface area contributed by atoms with Crippen molar-refractivity contribution in [1.29, 1.82) is 0 Å². The Kier molecular flexibility index (Phi) is 55.3. The van der Waals surface area contributed by atoms with E-state index in [4.69, 9.17) is 19.2 Å². The molecule has 0 unspecified atom stereocenters. The van der Waals surface area contributed by atoms with Crippen LogP contribution in [0.1, 0.15) is 0 Å². The summed E-state index contributed by atoms with van der Waals surface area (Å²) < 4.78 is 0. The quantitative estimate of drug-likeness (QED) is 0.228. The molecule has 4 nitrogen and oxygen atoms in total. The molecule has 9 heteroatoms.